The van der Waals surface area contributed by atoms with Crippen LogP contribution in [0.3, 0.4) is 0 Å². The summed E-state index contributed by atoms with van der Waals surface area (Å²) in [6.45, 7) is 2.03. The number of aromatic nitrogens is 1. The van der Waals surface area contributed by atoms with Crippen molar-refractivity contribution in [2.75, 3.05) is 25.1 Å². The zero-order valence-corrected chi connectivity index (χ0v) is 9.66. The van der Waals surface area contributed by atoms with Crippen molar-refractivity contribution in [2.45, 2.75) is 25.6 Å². The van der Waals surface area contributed by atoms with Crippen molar-refractivity contribution in [3.8, 4) is 0 Å². The molecule has 1 aliphatic rings. The van der Waals surface area contributed by atoms with Gasteiger partial charge in [-0.25, -0.2) is 4.98 Å². The summed E-state index contributed by atoms with van der Waals surface area (Å²) < 4.78 is 5.36. The van der Waals surface area contributed by atoms with Crippen LogP contribution in [0.15, 0.2) is 6.20 Å². The Morgan fingerprint density at radius 1 is 1.73 bits per heavy atom. The highest BCUT2D eigenvalue weighted by Crippen LogP contribution is 2.25. The molecule has 0 saturated carbocycles. The van der Waals surface area contributed by atoms with Crippen LogP contribution < -0.4 is 4.90 Å². The summed E-state index contributed by atoms with van der Waals surface area (Å²) in [6, 6.07) is 0. The largest absolute Gasteiger partial charge is 0.391 e. The van der Waals surface area contributed by atoms with E-state index in [1.54, 1.807) is 24.6 Å². The number of anilines is 1. The molecule has 0 radical (unpaired) electrons. The molecule has 1 aliphatic heterocycles. The first-order valence-corrected chi connectivity index (χ1v) is 5.98. The molecule has 2 heterocycles. The fraction of sp³-hybridized carbons (Fsp3) is 0.700. The number of aliphatic hydroxyl groups excluding tert-OH is 1. The van der Waals surface area contributed by atoms with Crippen LogP contribution in [0.25, 0.3) is 0 Å². The molecule has 1 fully saturated rings. The summed E-state index contributed by atoms with van der Waals surface area (Å²) in [5, 5.41) is 9.98. The van der Waals surface area contributed by atoms with Gasteiger partial charge in [0.1, 0.15) is 0 Å². The van der Waals surface area contributed by atoms with Crippen molar-refractivity contribution in [3.05, 3.63) is 11.1 Å². The average molecular weight is 228 g/mol. The normalized spacial score (nSPS) is 22.0. The van der Waals surface area contributed by atoms with Gasteiger partial charge in [0.05, 0.1) is 17.6 Å². The van der Waals surface area contributed by atoms with Crippen molar-refractivity contribution in [1.29, 1.82) is 0 Å². The van der Waals surface area contributed by atoms with Crippen LogP contribution in [-0.4, -0.2) is 36.4 Å². The highest BCUT2D eigenvalue weighted by atomic mass is 32.1. The lowest BCUT2D eigenvalue weighted by molar-refractivity contribution is 0.0893. The van der Waals surface area contributed by atoms with E-state index in [0.29, 0.717) is 6.10 Å². The zero-order chi connectivity index (χ0) is 10.7. The molecule has 0 aliphatic carbocycles. The van der Waals surface area contributed by atoms with E-state index >= 15 is 0 Å². The number of aliphatic hydroxyl groups is 1. The molecule has 15 heavy (non-hydrogen) atoms. The molecule has 1 aromatic rings. The lowest BCUT2D eigenvalue weighted by Gasteiger charge is -2.31. The quantitative estimate of drug-likeness (QED) is 0.845. The maximum atomic E-state index is 8.97. The van der Waals surface area contributed by atoms with E-state index in [2.05, 4.69) is 9.88 Å². The third-order valence-electron chi connectivity index (χ3n) is 2.68. The standard InChI is InChI=1S/C10H16N2O2S/c1-14-8-3-2-4-12(6-8)10-11-5-9(7-13)15-10/h5,8,13H,2-4,6-7H2,1H3. The van der Waals surface area contributed by atoms with Crippen LogP contribution in [0, 0.1) is 0 Å². The van der Waals surface area contributed by atoms with Gasteiger partial charge in [-0.2, -0.15) is 0 Å². The van der Waals surface area contributed by atoms with Crippen molar-refractivity contribution in [2.24, 2.45) is 0 Å². The van der Waals surface area contributed by atoms with Gasteiger partial charge in [0.15, 0.2) is 5.13 Å². The molecule has 2 rings (SSSR count). The molecule has 0 bridgehead atoms. The minimum absolute atomic E-state index is 0.0826. The Labute approximate surface area is 93.5 Å². The van der Waals surface area contributed by atoms with Gasteiger partial charge >= 0.3 is 0 Å². The van der Waals surface area contributed by atoms with Crippen LogP contribution >= 0.6 is 11.3 Å². The first-order valence-electron chi connectivity index (χ1n) is 5.17. The Kier molecular flexibility index (Phi) is 3.56. The molecule has 0 aromatic carbocycles. The molecule has 1 aromatic heterocycles. The predicted molar refractivity (Wildman–Crippen MR) is 60.3 cm³/mol. The fourth-order valence-electron chi connectivity index (χ4n) is 1.82. The number of hydrogen-bond acceptors (Lipinski definition) is 5. The van der Waals surface area contributed by atoms with Crippen molar-refractivity contribution in [1.82, 2.24) is 4.98 Å². The molecule has 0 spiro atoms. The summed E-state index contributed by atoms with van der Waals surface area (Å²) in [5.74, 6) is 0. The molecular formula is C10H16N2O2S. The van der Waals surface area contributed by atoms with Gasteiger partial charge in [-0.3, -0.25) is 0 Å². The number of ether oxygens (including phenoxy) is 1. The summed E-state index contributed by atoms with van der Waals surface area (Å²) in [5.41, 5.74) is 0. The minimum atomic E-state index is 0.0826. The molecule has 1 atom stereocenters. The first-order chi connectivity index (χ1) is 7.33. The second-order valence-corrected chi connectivity index (χ2v) is 4.81. The minimum Gasteiger partial charge on any atom is -0.391 e. The molecule has 1 unspecified atom stereocenters. The summed E-state index contributed by atoms with van der Waals surface area (Å²) in [7, 11) is 1.76. The number of methoxy groups -OCH3 is 1. The van der Waals surface area contributed by atoms with Crippen LogP contribution in [0.5, 0.6) is 0 Å². The van der Waals surface area contributed by atoms with Gasteiger partial charge < -0.3 is 14.7 Å². The Balaban J connectivity index is 2.03. The Bertz CT molecular complexity index is 316. The maximum absolute atomic E-state index is 8.97. The number of rotatable bonds is 3. The SMILES string of the molecule is COC1CCCN(c2ncc(CO)s2)C1. The highest BCUT2D eigenvalue weighted by Gasteiger charge is 2.21. The van der Waals surface area contributed by atoms with Crippen LogP contribution in [0.1, 0.15) is 17.7 Å². The van der Waals surface area contributed by atoms with Gasteiger partial charge in [0, 0.05) is 26.4 Å². The summed E-state index contributed by atoms with van der Waals surface area (Å²) in [6.07, 6.45) is 4.34. The Morgan fingerprint density at radius 3 is 3.27 bits per heavy atom. The Morgan fingerprint density at radius 2 is 2.60 bits per heavy atom. The highest BCUT2D eigenvalue weighted by molar-refractivity contribution is 7.15. The Hall–Kier alpha value is -0.650. The van der Waals surface area contributed by atoms with E-state index in [0.717, 1.165) is 35.9 Å². The molecule has 5 heteroatoms. The van der Waals surface area contributed by atoms with Gasteiger partial charge in [0.2, 0.25) is 0 Å². The molecule has 84 valence electrons. The zero-order valence-electron chi connectivity index (χ0n) is 8.85. The van der Waals surface area contributed by atoms with E-state index in [4.69, 9.17) is 9.84 Å². The van der Waals surface area contributed by atoms with Crippen molar-refractivity contribution < 1.29 is 9.84 Å². The number of nitrogens with zero attached hydrogens (tertiary/aromatic N) is 2. The second kappa shape index (κ2) is 4.92. The number of thiazole rings is 1. The number of hydrogen-bond donors (Lipinski definition) is 1. The molecule has 1 N–H and O–H groups in total. The van der Waals surface area contributed by atoms with Crippen LogP contribution in [-0.2, 0) is 11.3 Å². The van der Waals surface area contributed by atoms with E-state index in [9.17, 15) is 0 Å². The van der Waals surface area contributed by atoms with Gasteiger partial charge in [0.25, 0.3) is 0 Å². The van der Waals surface area contributed by atoms with E-state index in [-0.39, 0.29) is 6.61 Å². The number of piperidine rings is 1. The van der Waals surface area contributed by atoms with Gasteiger partial charge in [-0.05, 0) is 12.8 Å². The first kappa shape index (κ1) is 10.9. The van der Waals surface area contributed by atoms with Crippen LogP contribution in [0.4, 0.5) is 5.13 Å². The lowest BCUT2D eigenvalue weighted by atomic mass is 10.1. The summed E-state index contributed by atoms with van der Waals surface area (Å²) >= 11 is 1.56. The molecule has 4 nitrogen and oxygen atoms in total. The fourth-order valence-corrected chi connectivity index (χ4v) is 2.63. The van der Waals surface area contributed by atoms with E-state index in [1.165, 1.54) is 0 Å². The lowest BCUT2D eigenvalue weighted by Crippen LogP contribution is -2.39. The maximum Gasteiger partial charge on any atom is 0.185 e. The van der Waals surface area contributed by atoms with Gasteiger partial charge in [-0.15, -0.1) is 0 Å². The van der Waals surface area contributed by atoms with Gasteiger partial charge in [-0.1, -0.05) is 11.3 Å². The summed E-state index contributed by atoms with van der Waals surface area (Å²) in [4.78, 5) is 7.47. The molecule has 0 amide bonds. The van der Waals surface area contributed by atoms with Crippen molar-refractivity contribution in [3.63, 3.8) is 0 Å². The third-order valence-corrected chi connectivity index (χ3v) is 3.72. The van der Waals surface area contributed by atoms with Crippen LogP contribution in [0.2, 0.25) is 0 Å². The third kappa shape index (κ3) is 2.48. The smallest absolute Gasteiger partial charge is 0.185 e. The average Bonchev–Trinajstić information content (AvgIpc) is 2.78. The molecule has 1 saturated heterocycles. The predicted octanol–water partition coefficient (Wildman–Crippen LogP) is 1.25. The topological polar surface area (TPSA) is 45.6 Å². The molecular weight excluding hydrogens is 212 g/mol. The van der Waals surface area contributed by atoms with E-state index < -0.39 is 0 Å². The monoisotopic (exact) mass is 228 g/mol. The second-order valence-electron chi connectivity index (χ2n) is 3.71. The van der Waals surface area contributed by atoms with Crippen molar-refractivity contribution >= 4 is 16.5 Å². The van der Waals surface area contributed by atoms with E-state index in [1.807, 2.05) is 0 Å².